The maximum absolute atomic E-state index is 5.85. The zero-order valence-corrected chi connectivity index (χ0v) is 8.52. The summed E-state index contributed by atoms with van der Waals surface area (Å²) in [5.74, 6) is 0.798. The lowest BCUT2D eigenvalue weighted by atomic mass is 10.3. The van der Waals surface area contributed by atoms with Crippen molar-refractivity contribution in [3.63, 3.8) is 0 Å². The Bertz CT molecular complexity index is 382. The van der Waals surface area contributed by atoms with Gasteiger partial charge in [0.25, 0.3) is 0 Å². The summed E-state index contributed by atoms with van der Waals surface area (Å²) >= 11 is 0. The molecule has 0 amide bonds. The molecule has 5 heteroatoms. The van der Waals surface area contributed by atoms with Gasteiger partial charge in [-0.2, -0.15) is 0 Å². The van der Waals surface area contributed by atoms with Crippen LogP contribution in [0.5, 0.6) is 0 Å². The van der Waals surface area contributed by atoms with Crippen LogP contribution >= 0.6 is 0 Å². The Morgan fingerprint density at radius 1 is 1.47 bits per heavy atom. The number of hydrogen-bond donors (Lipinski definition) is 1. The second-order valence-corrected chi connectivity index (χ2v) is 4.13. The molecule has 1 atom stereocenters. The van der Waals surface area contributed by atoms with E-state index in [-0.39, 0.29) is 6.04 Å². The van der Waals surface area contributed by atoms with Crippen LogP contribution in [-0.4, -0.2) is 29.1 Å². The van der Waals surface area contributed by atoms with Gasteiger partial charge in [0.15, 0.2) is 0 Å². The van der Waals surface area contributed by atoms with Crippen LogP contribution in [0.4, 0.5) is 5.95 Å². The van der Waals surface area contributed by atoms with E-state index in [4.69, 9.17) is 10.5 Å². The standard InChI is InChI=1S/C10H14N4O/c11-8-1-2-14(4-8)10-12-3-7-5-15-6-9(7)13-10/h3,8H,1-2,4-6,11H2. The van der Waals surface area contributed by atoms with E-state index in [1.54, 1.807) is 0 Å². The number of nitrogens with zero attached hydrogens (tertiary/aromatic N) is 3. The maximum Gasteiger partial charge on any atom is 0.225 e. The maximum atomic E-state index is 5.85. The lowest BCUT2D eigenvalue weighted by molar-refractivity contribution is 0.133. The van der Waals surface area contributed by atoms with Crippen LogP contribution in [0.2, 0.25) is 0 Å². The van der Waals surface area contributed by atoms with Crippen molar-refractivity contribution >= 4 is 5.95 Å². The third-order valence-electron chi connectivity index (χ3n) is 2.95. The zero-order chi connectivity index (χ0) is 10.3. The Hall–Kier alpha value is -1.20. The molecule has 3 rings (SSSR count). The Morgan fingerprint density at radius 2 is 2.40 bits per heavy atom. The van der Waals surface area contributed by atoms with E-state index < -0.39 is 0 Å². The molecule has 0 bridgehead atoms. The predicted octanol–water partition coefficient (Wildman–Crippen LogP) is 0.0442. The van der Waals surface area contributed by atoms with Gasteiger partial charge in [0.1, 0.15) is 0 Å². The molecule has 1 fully saturated rings. The molecule has 2 aliphatic heterocycles. The van der Waals surface area contributed by atoms with Gasteiger partial charge in [-0.1, -0.05) is 0 Å². The quantitative estimate of drug-likeness (QED) is 0.703. The zero-order valence-electron chi connectivity index (χ0n) is 8.52. The van der Waals surface area contributed by atoms with E-state index in [1.807, 2.05) is 6.20 Å². The van der Waals surface area contributed by atoms with Gasteiger partial charge in [-0.15, -0.1) is 0 Å². The minimum absolute atomic E-state index is 0.262. The highest BCUT2D eigenvalue weighted by atomic mass is 16.5. The van der Waals surface area contributed by atoms with E-state index in [1.165, 1.54) is 0 Å². The normalized spacial score (nSPS) is 24.6. The molecule has 1 aromatic rings. The van der Waals surface area contributed by atoms with Gasteiger partial charge in [-0.25, -0.2) is 9.97 Å². The molecule has 0 saturated carbocycles. The lowest BCUT2D eigenvalue weighted by Crippen LogP contribution is -2.27. The first kappa shape index (κ1) is 9.06. The molecule has 5 nitrogen and oxygen atoms in total. The molecule has 1 aromatic heterocycles. The van der Waals surface area contributed by atoms with Crippen molar-refractivity contribution in [2.45, 2.75) is 25.7 Å². The SMILES string of the molecule is NC1CCN(c2ncc3c(n2)COC3)C1. The molecule has 3 heterocycles. The van der Waals surface area contributed by atoms with Crippen molar-refractivity contribution in [3.8, 4) is 0 Å². The van der Waals surface area contributed by atoms with Crippen LogP contribution in [0.1, 0.15) is 17.7 Å². The molecule has 2 N–H and O–H groups in total. The Balaban J connectivity index is 1.87. The van der Waals surface area contributed by atoms with Crippen LogP contribution in [0.25, 0.3) is 0 Å². The van der Waals surface area contributed by atoms with Gasteiger partial charge in [-0.3, -0.25) is 0 Å². The second-order valence-electron chi connectivity index (χ2n) is 4.13. The fourth-order valence-electron chi connectivity index (χ4n) is 2.06. The van der Waals surface area contributed by atoms with Crippen LogP contribution in [0.15, 0.2) is 6.20 Å². The molecule has 1 unspecified atom stereocenters. The topological polar surface area (TPSA) is 64.3 Å². The van der Waals surface area contributed by atoms with Crippen LogP contribution in [0.3, 0.4) is 0 Å². The number of ether oxygens (including phenoxy) is 1. The van der Waals surface area contributed by atoms with Crippen molar-refractivity contribution in [2.75, 3.05) is 18.0 Å². The van der Waals surface area contributed by atoms with Gasteiger partial charge in [0, 0.05) is 30.9 Å². The second kappa shape index (κ2) is 3.43. The van der Waals surface area contributed by atoms with E-state index in [0.29, 0.717) is 13.2 Å². The molecule has 0 spiro atoms. The van der Waals surface area contributed by atoms with Crippen LogP contribution < -0.4 is 10.6 Å². The van der Waals surface area contributed by atoms with Crippen molar-refractivity contribution in [3.05, 3.63) is 17.5 Å². The first-order valence-electron chi connectivity index (χ1n) is 5.26. The molecule has 0 radical (unpaired) electrons. The number of anilines is 1. The monoisotopic (exact) mass is 206 g/mol. The number of nitrogens with two attached hydrogens (primary N) is 1. The fraction of sp³-hybridized carbons (Fsp3) is 0.600. The number of aromatic nitrogens is 2. The highest BCUT2D eigenvalue weighted by Gasteiger charge is 2.23. The minimum atomic E-state index is 0.262. The molecule has 1 saturated heterocycles. The molecule has 2 aliphatic rings. The minimum Gasteiger partial charge on any atom is -0.370 e. The van der Waals surface area contributed by atoms with Gasteiger partial charge in [-0.05, 0) is 6.42 Å². The van der Waals surface area contributed by atoms with Crippen molar-refractivity contribution < 1.29 is 4.74 Å². The fourth-order valence-corrected chi connectivity index (χ4v) is 2.06. The highest BCUT2D eigenvalue weighted by molar-refractivity contribution is 5.35. The summed E-state index contributed by atoms with van der Waals surface area (Å²) in [4.78, 5) is 11.0. The average molecular weight is 206 g/mol. The van der Waals surface area contributed by atoms with E-state index in [2.05, 4.69) is 14.9 Å². The molecular weight excluding hydrogens is 192 g/mol. The summed E-state index contributed by atoms with van der Waals surface area (Å²) < 4.78 is 5.31. The average Bonchev–Trinajstić information content (AvgIpc) is 2.84. The third kappa shape index (κ3) is 1.57. The number of rotatable bonds is 1. The molecule has 0 aliphatic carbocycles. The summed E-state index contributed by atoms with van der Waals surface area (Å²) in [7, 11) is 0. The molecule has 0 aromatic carbocycles. The van der Waals surface area contributed by atoms with Gasteiger partial charge < -0.3 is 15.4 Å². The highest BCUT2D eigenvalue weighted by Crippen LogP contribution is 2.21. The Morgan fingerprint density at radius 3 is 3.20 bits per heavy atom. The van der Waals surface area contributed by atoms with Gasteiger partial charge in [0.05, 0.1) is 18.9 Å². The summed E-state index contributed by atoms with van der Waals surface area (Å²) in [5, 5.41) is 0. The van der Waals surface area contributed by atoms with E-state index >= 15 is 0 Å². The Kier molecular flexibility index (Phi) is 2.07. The van der Waals surface area contributed by atoms with E-state index in [9.17, 15) is 0 Å². The molecule has 15 heavy (non-hydrogen) atoms. The van der Waals surface area contributed by atoms with Crippen molar-refractivity contribution in [2.24, 2.45) is 5.73 Å². The number of fused-ring (bicyclic) bond motifs is 1. The summed E-state index contributed by atoms with van der Waals surface area (Å²) in [5.41, 5.74) is 7.99. The summed E-state index contributed by atoms with van der Waals surface area (Å²) in [6.07, 6.45) is 2.89. The largest absolute Gasteiger partial charge is 0.370 e. The van der Waals surface area contributed by atoms with Gasteiger partial charge in [0.2, 0.25) is 5.95 Å². The number of hydrogen-bond acceptors (Lipinski definition) is 5. The molecule has 80 valence electrons. The van der Waals surface area contributed by atoms with Crippen LogP contribution in [0, 0.1) is 0 Å². The van der Waals surface area contributed by atoms with Crippen molar-refractivity contribution in [1.82, 2.24) is 9.97 Å². The molecular formula is C10H14N4O. The first-order chi connectivity index (χ1) is 7.33. The smallest absolute Gasteiger partial charge is 0.225 e. The van der Waals surface area contributed by atoms with Crippen LogP contribution in [-0.2, 0) is 18.0 Å². The third-order valence-corrected chi connectivity index (χ3v) is 2.95. The Labute approximate surface area is 88.3 Å². The van der Waals surface area contributed by atoms with Crippen molar-refractivity contribution in [1.29, 1.82) is 0 Å². The summed E-state index contributed by atoms with van der Waals surface area (Å²) in [6, 6.07) is 0.262. The summed E-state index contributed by atoms with van der Waals surface area (Å²) in [6.45, 7) is 3.08. The van der Waals surface area contributed by atoms with Gasteiger partial charge >= 0.3 is 0 Å². The lowest BCUT2D eigenvalue weighted by Gasteiger charge is -2.15. The van der Waals surface area contributed by atoms with E-state index in [0.717, 1.165) is 36.7 Å². The predicted molar refractivity (Wildman–Crippen MR) is 55.3 cm³/mol. The first-order valence-corrected chi connectivity index (χ1v) is 5.26.